The Morgan fingerprint density at radius 2 is 1.68 bits per heavy atom. The van der Waals surface area contributed by atoms with Gasteiger partial charge < -0.3 is 49.8 Å². The topological polar surface area (TPSA) is 212 Å². The first-order valence-corrected chi connectivity index (χ1v) is 28.8. The monoisotopic (exact) mass is 1150 g/mol. The number of aliphatic hydroxyl groups excluding tert-OH is 1. The molecule has 3 fully saturated rings. The number of ether oxygens (including phenoxy) is 3. The lowest BCUT2D eigenvalue weighted by atomic mass is 9.85. The van der Waals surface area contributed by atoms with Crippen LogP contribution in [0.2, 0.25) is 5.02 Å². The van der Waals surface area contributed by atoms with E-state index in [2.05, 4.69) is 32.1 Å². The number of hydrogen-bond acceptors (Lipinski definition) is 15. The van der Waals surface area contributed by atoms with Crippen molar-refractivity contribution >= 4 is 74.1 Å². The second-order valence-corrected chi connectivity index (χ2v) is 23.5. The van der Waals surface area contributed by atoms with Crippen LogP contribution in [0.3, 0.4) is 0 Å². The highest BCUT2D eigenvalue weighted by Crippen LogP contribution is 2.43. The predicted octanol–water partition coefficient (Wildman–Crippen LogP) is 7.85. The Morgan fingerprint density at radius 1 is 0.951 bits per heavy atom. The van der Waals surface area contributed by atoms with Gasteiger partial charge in [-0.05, 0) is 90.8 Å². The number of nitrogens with zero attached hydrogens (tertiary/aromatic N) is 7. The number of β-amino-alcohol motifs (C(OH)–C–C–N with tert-alkyl or cyclic N) is 1. The lowest BCUT2D eigenvalue weighted by Gasteiger charge is -2.35. The summed E-state index contributed by atoms with van der Waals surface area (Å²) in [5.41, 5.74) is 4.46. The molecular weight excluding hydrogens is 1080 g/mol. The van der Waals surface area contributed by atoms with Crippen LogP contribution in [-0.2, 0) is 28.7 Å². The maximum Gasteiger partial charge on any atom is 0.319 e. The van der Waals surface area contributed by atoms with Crippen LogP contribution in [0.15, 0.2) is 84.9 Å². The maximum absolute atomic E-state index is 17.2. The largest absolute Gasteiger partial charge is 0.508 e. The smallest absolute Gasteiger partial charge is 0.319 e. The minimum absolute atomic E-state index is 0.00723. The molecule has 6 aromatic rings. The predicted molar refractivity (Wildman–Crippen MR) is 311 cm³/mol. The van der Waals surface area contributed by atoms with Gasteiger partial charge in [-0.1, -0.05) is 87.5 Å². The molecular formula is C60H71ClFN9O9S. The summed E-state index contributed by atoms with van der Waals surface area (Å²) in [5, 5.41) is 29.2. The molecule has 81 heavy (non-hydrogen) atoms. The number of benzene rings is 4. The van der Waals surface area contributed by atoms with Crippen LogP contribution in [0.5, 0.6) is 11.8 Å². The summed E-state index contributed by atoms with van der Waals surface area (Å²) >= 11 is 8.50. The molecule has 3 saturated heterocycles. The number of piperazine rings is 1. The van der Waals surface area contributed by atoms with Gasteiger partial charge >= 0.3 is 6.01 Å². The minimum Gasteiger partial charge on any atom is -0.508 e. The molecule has 21 heteroatoms. The van der Waals surface area contributed by atoms with E-state index in [1.807, 2.05) is 100 Å². The number of likely N-dealkylation sites (tertiary alicyclic amines) is 2. The maximum atomic E-state index is 17.2. The number of phenolic OH excluding ortho intramolecular Hbond substituents is 1. The molecule has 5 atom stereocenters. The van der Waals surface area contributed by atoms with Crippen LogP contribution in [0.4, 0.5) is 10.2 Å². The standard InChI is InChI=1S/C60H71ClFN9O9S/c1-8-50(75)69-21-23-70(24-22-69)56-46-30-47(61)51(45-28-41(72)27-40-11-9-10-12-44(40)45)52(62)53(46)66-59(67-56)80-35(2)31-68-19-17-43(18-20-68)79-26-25-78-33-49(74)65-55(60(5,6)7)58(77)71-32-42(73)29-48(71)57(76)64-36(3)38-13-15-39(16-14-38)54-37(4)63-34-81-54/h8-16,27-28,30,34-36,42-43,48,55,72-73H,1,17-26,29,31-33H2,2-7H3,(H,64,76)(H,65,74)/t35-,36+,42-,48+,55-/m1/s1. The molecule has 0 saturated carbocycles. The number of piperidine rings is 1. The van der Waals surface area contributed by atoms with Gasteiger partial charge in [0, 0.05) is 69.7 Å². The summed E-state index contributed by atoms with van der Waals surface area (Å²) in [6.07, 6.45) is 1.49. The summed E-state index contributed by atoms with van der Waals surface area (Å²) < 4.78 is 35.4. The average Bonchev–Trinajstić information content (AvgIpc) is 4.12. The van der Waals surface area contributed by atoms with E-state index in [0.717, 1.165) is 34.5 Å². The molecule has 18 nitrogen and oxygen atoms in total. The van der Waals surface area contributed by atoms with Crippen molar-refractivity contribution in [2.45, 2.75) is 97.2 Å². The molecule has 4 aromatic carbocycles. The zero-order valence-electron chi connectivity index (χ0n) is 46.6. The van der Waals surface area contributed by atoms with Crippen molar-refractivity contribution in [2.75, 3.05) is 77.1 Å². The lowest BCUT2D eigenvalue weighted by molar-refractivity contribution is -0.144. The number of aromatic nitrogens is 3. The number of anilines is 1. The van der Waals surface area contributed by atoms with Crippen molar-refractivity contribution in [1.82, 2.24) is 40.3 Å². The van der Waals surface area contributed by atoms with Gasteiger partial charge in [-0.3, -0.25) is 24.1 Å². The molecule has 0 unspecified atom stereocenters. The van der Waals surface area contributed by atoms with E-state index < -0.39 is 47.3 Å². The van der Waals surface area contributed by atoms with Crippen LogP contribution in [0.25, 0.3) is 43.2 Å². The fourth-order valence-corrected chi connectivity index (χ4v) is 12.1. The number of halogens is 2. The summed E-state index contributed by atoms with van der Waals surface area (Å²) in [6.45, 7) is 18.5. The number of hydrogen-bond donors (Lipinski definition) is 4. The van der Waals surface area contributed by atoms with Crippen LogP contribution < -0.4 is 20.3 Å². The lowest BCUT2D eigenvalue weighted by Crippen LogP contribution is -2.58. The van der Waals surface area contributed by atoms with Crippen LogP contribution in [0, 0.1) is 18.2 Å². The molecule has 5 heterocycles. The van der Waals surface area contributed by atoms with Gasteiger partial charge in [-0.2, -0.15) is 9.97 Å². The first kappa shape index (κ1) is 58.8. The number of rotatable bonds is 19. The number of nitrogens with one attached hydrogen (secondary N) is 2. The molecule has 4 amide bonds. The number of carbonyl (C=O) groups excluding carboxylic acids is 4. The Kier molecular flexibility index (Phi) is 18.6. The molecule has 0 spiro atoms. The Morgan fingerprint density at radius 3 is 2.37 bits per heavy atom. The highest BCUT2D eigenvalue weighted by Gasteiger charge is 2.45. The quantitative estimate of drug-likeness (QED) is 0.0450. The number of aromatic hydroxyl groups is 1. The molecule has 430 valence electrons. The SMILES string of the molecule is C=CC(=O)N1CCN(c2nc(O[C@H](C)CN3CCC(OCCOCC(=O)N[C@H](C(=O)N4C[C@H](O)C[C@H]4C(=O)N[C@@H](C)c4ccc(-c5scnc5C)cc4)C(C)(C)C)CC3)nc3c(F)c(-c4cc(O)cc5ccccc45)c(Cl)cc23)CC1. The Bertz CT molecular complexity index is 3270. The van der Waals surface area contributed by atoms with E-state index in [-0.39, 0.29) is 84.6 Å². The van der Waals surface area contributed by atoms with Crippen LogP contribution in [-0.4, -0.2) is 166 Å². The third-order valence-corrected chi connectivity index (χ3v) is 16.5. The molecule has 2 aromatic heterocycles. The Balaban J connectivity index is 0.753. The molecule has 0 radical (unpaired) electrons. The Labute approximate surface area is 480 Å². The minimum atomic E-state index is -1.00. The fraction of sp³-hybridized carbons (Fsp3) is 0.450. The second kappa shape index (κ2) is 25.5. The second-order valence-electron chi connectivity index (χ2n) is 22.2. The normalized spacial score (nSPS) is 18.5. The average molecular weight is 1150 g/mol. The number of carbonyl (C=O) groups is 4. The first-order chi connectivity index (χ1) is 38.8. The summed E-state index contributed by atoms with van der Waals surface area (Å²) in [4.78, 5) is 75.9. The van der Waals surface area contributed by atoms with Gasteiger partial charge in [0.25, 0.3) is 0 Å². The fourth-order valence-electron chi connectivity index (χ4n) is 11.0. The van der Waals surface area contributed by atoms with Gasteiger partial charge in [0.15, 0.2) is 5.82 Å². The van der Waals surface area contributed by atoms with Gasteiger partial charge in [0.2, 0.25) is 23.6 Å². The van der Waals surface area contributed by atoms with E-state index in [9.17, 15) is 29.4 Å². The van der Waals surface area contributed by atoms with E-state index in [1.54, 1.807) is 28.4 Å². The van der Waals surface area contributed by atoms with E-state index >= 15 is 4.39 Å². The van der Waals surface area contributed by atoms with Crippen LogP contribution in [0.1, 0.15) is 71.2 Å². The van der Waals surface area contributed by atoms with E-state index in [0.29, 0.717) is 73.4 Å². The number of amides is 4. The molecule has 0 aliphatic carbocycles. The number of aliphatic hydroxyl groups is 1. The third kappa shape index (κ3) is 13.8. The van der Waals surface area contributed by atoms with Crippen LogP contribution >= 0.6 is 22.9 Å². The number of fused-ring (bicyclic) bond motifs is 2. The summed E-state index contributed by atoms with van der Waals surface area (Å²) in [7, 11) is 0. The van der Waals surface area contributed by atoms with E-state index in [4.69, 9.17) is 30.8 Å². The van der Waals surface area contributed by atoms with Gasteiger partial charge in [-0.15, -0.1) is 11.3 Å². The molecule has 9 rings (SSSR count). The Hall–Kier alpha value is -6.81. The molecule has 3 aliphatic heterocycles. The highest BCUT2D eigenvalue weighted by molar-refractivity contribution is 7.13. The van der Waals surface area contributed by atoms with Crippen molar-refractivity contribution in [3.05, 3.63) is 107 Å². The molecule has 0 bridgehead atoms. The van der Waals surface area contributed by atoms with Gasteiger partial charge in [0.1, 0.15) is 41.9 Å². The molecule has 3 aliphatic rings. The van der Waals surface area contributed by atoms with Crippen molar-refractivity contribution in [3.8, 4) is 33.3 Å². The van der Waals surface area contributed by atoms with Crippen molar-refractivity contribution < 1.29 is 48.0 Å². The first-order valence-electron chi connectivity index (χ1n) is 27.5. The highest BCUT2D eigenvalue weighted by atomic mass is 35.5. The molecule has 4 N–H and O–H groups in total. The van der Waals surface area contributed by atoms with Gasteiger partial charge in [-0.25, -0.2) is 9.37 Å². The van der Waals surface area contributed by atoms with Crippen molar-refractivity contribution in [3.63, 3.8) is 0 Å². The number of phenols is 1. The van der Waals surface area contributed by atoms with Gasteiger partial charge in [0.05, 0.1) is 52.6 Å². The van der Waals surface area contributed by atoms with Crippen molar-refractivity contribution in [2.24, 2.45) is 5.41 Å². The van der Waals surface area contributed by atoms with Crippen molar-refractivity contribution in [1.29, 1.82) is 0 Å². The number of aryl methyl sites for hydroxylation is 1. The third-order valence-electron chi connectivity index (χ3n) is 15.3. The zero-order chi connectivity index (χ0) is 57.7. The summed E-state index contributed by atoms with van der Waals surface area (Å²) in [5.74, 6) is -1.81. The van der Waals surface area contributed by atoms with E-state index in [1.165, 1.54) is 17.0 Å². The zero-order valence-corrected chi connectivity index (χ0v) is 48.2. The number of thiazole rings is 1. The summed E-state index contributed by atoms with van der Waals surface area (Å²) in [6, 6.07) is 17.7.